The molecule has 0 saturated carbocycles. The molecule has 1 unspecified atom stereocenters. The zero-order valence-corrected chi connectivity index (χ0v) is 26.7. The molecule has 10 nitrogen and oxygen atoms in total. The summed E-state index contributed by atoms with van der Waals surface area (Å²) in [5, 5.41) is 4.63. The SMILES string of the molecule is CC(NNC(=S)/N=C1\SCC(=O)N1c1cc(Cl)ccc1OCC(F)(F)F)c1ccc(-c2ncn(-c3ccc(OC(F)(F)F)cc3)n2)cc1. The predicted molar refractivity (Wildman–Crippen MR) is 171 cm³/mol. The molecule has 1 aromatic heterocycles. The largest absolute Gasteiger partial charge is 0.573 e. The van der Waals surface area contributed by atoms with E-state index < -0.39 is 25.1 Å². The number of nitrogens with zero attached hydrogens (tertiary/aromatic N) is 5. The van der Waals surface area contributed by atoms with Crippen LogP contribution in [0.15, 0.2) is 78.0 Å². The van der Waals surface area contributed by atoms with Crippen molar-refractivity contribution in [1.29, 1.82) is 0 Å². The predicted octanol–water partition coefficient (Wildman–Crippen LogP) is 7.00. The maximum absolute atomic E-state index is 12.8. The highest BCUT2D eigenvalue weighted by atomic mass is 35.5. The van der Waals surface area contributed by atoms with E-state index in [2.05, 4.69) is 30.7 Å². The van der Waals surface area contributed by atoms with Gasteiger partial charge in [-0.15, -0.1) is 18.3 Å². The number of carbonyl (C=O) groups is 1. The molecule has 3 aromatic carbocycles. The highest BCUT2D eigenvalue weighted by Crippen LogP contribution is 2.37. The Bertz CT molecular complexity index is 1820. The first kappa shape index (κ1) is 34.9. The number of hydrogen-bond acceptors (Lipinski definition) is 8. The van der Waals surface area contributed by atoms with Gasteiger partial charge in [-0.1, -0.05) is 47.6 Å². The van der Waals surface area contributed by atoms with Crippen molar-refractivity contribution >= 4 is 57.5 Å². The Morgan fingerprint density at radius 2 is 1.79 bits per heavy atom. The molecule has 2 N–H and O–H groups in total. The maximum atomic E-state index is 12.8. The fourth-order valence-corrected chi connectivity index (χ4v) is 5.47. The van der Waals surface area contributed by atoms with Gasteiger partial charge in [0.15, 0.2) is 17.6 Å². The number of carbonyl (C=O) groups excluding carboxylic acids is 1. The van der Waals surface area contributed by atoms with Crippen LogP contribution in [-0.4, -0.2) is 55.9 Å². The normalized spacial score (nSPS) is 15.1. The molecule has 19 heteroatoms. The zero-order chi connectivity index (χ0) is 34.6. The molecule has 0 aliphatic carbocycles. The van der Waals surface area contributed by atoms with E-state index in [1.54, 1.807) is 12.1 Å². The molecule has 1 amide bonds. The Hall–Kier alpha value is -4.39. The molecule has 1 atom stereocenters. The highest BCUT2D eigenvalue weighted by molar-refractivity contribution is 8.15. The molecular weight excluding hydrogens is 708 g/mol. The van der Waals surface area contributed by atoms with Crippen molar-refractivity contribution in [2.45, 2.75) is 25.5 Å². The number of ether oxygens (including phenoxy) is 2. The summed E-state index contributed by atoms with van der Waals surface area (Å²) in [6.45, 7) is 0.278. The van der Waals surface area contributed by atoms with Gasteiger partial charge in [-0.3, -0.25) is 15.1 Å². The van der Waals surface area contributed by atoms with Gasteiger partial charge < -0.3 is 9.47 Å². The number of rotatable bonds is 9. The molecule has 1 aliphatic heterocycles. The minimum atomic E-state index is -4.79. The Morgan fingerprint density at radius 1 is 1.08 bits per heavy atom. The summed E-state index contributed by atoms with van der Waals surface area (Å²) in [5.74, 6) is -0.654. The molecule has 0 spiro atoms. The van der Waals surface area contributed by atoms with Crippen molar-refractivity contribution < 1.29 is 40.6 Å². The van der Waals surface area contributed by atoms with Gasteiger partial charge in [0.1, 0.15) is 17.8 Å². The minimum absolute atomic E-state index is 0.00233. The summed E-state index contributed by atoms with van der Waals surface area (Å²) in [6, 6.07) is 16.0. The van der Waals surface area contributed by atoms with Gasteiger partial charge in [0.05, 0.1) is 17.1 Å². The fraction of sp³-hybridized carbons (Fsp3) is 0.207. The molecule has 0 radical (unpaired) electrons. The number of amides is 1. The lowest BCUT2D eigenvalue weighted by Crippen LogP contribution is -2.38. The maximum Gasteiger partial charge on any atom is 0.573 e. The number of aromatic nitrogens is 3. The first-order valence-corrected chi connectivity index (χ1v) is 15.4. The molecule has 1 saturated heterocycles. The Kier molecular flexibility index (Phi) is 10.5. The lowest BCUT2D eigenvalue weighted by atomic mass is 10.1. The van der Waals surface area contributed by atoms with Crippen molar-refractivity contribution in [3.63, 3.8) is 0 Å². The minimum Gasteiger partial charge on any atom is -0.482 e. The molecule has 48 heavy (non-hydrogen) atoms. The van der Waals surface area contributed by atoms with Gasteiger partial charge in [-0.2, -0.15) is 18.2 Å². The third kappa shape index (κ3) is 9.15. The second-order valence-electron chi connectivity index (χ2n) is 9.90. The van der Waals surface area contributed by atoms with Crippen LogP contribution in [-0.2, 0) is 4.79 Å². The number of hydrazine groups is 1. The van der Waals surface area contributed by atoms with E-state index in [-0.39, 0.29) is 44.3 Å². The van der Waals surface area contributed by atoms with Crippen LogP contribution in [0.3, 0.4) is 0 Å². The average Bonchev–Trinajstić information content (AvgIpc) is 3.65. The fourth-order valence-electron chi connectivity index (χ4n) is 4.24. The van der Waals surface area contributed by atoms with Crippen LogP contribution >= 0.6 is 35.6 Å². The molecule has 0 bridgehead atoms. The van der Waals surface area contributed by atoms with Crippen LogP contribution in [0.25, 0.3) is 17.1 Å². The number of halogens is 7. The number of thioether (sulfide) groups is 1. The molecular formula is C29H22ClF6N7O3S2. The monoisotopic (exact) mass is 729 g/mol. The van der Waals surface area contributed by atoms with Crippen LogP contribution in [0.1, 0.15) is 18.5 Å². The third-order valence-corrected chi connectivity index (χ3v) is 7.76. The number of nitrogens with one attached hydrogen (secondary N) is 2. The molecule has 2 heterocycles. The Labute approximate surface area is 283 Å². The van der Waals surface area contributed by atoms with E-state index in [0.29, 0.717) is 17.1 Å². The van der Waals surface area contributed by atoms with Crippen LogP contribution in [0, 0.1) is 0 Å². The van der Waals surface area contributed by atoms with Crippen molar-refractivity contribution in [1.82, 2.24) is 25.6 Å². The van der Waals surface area contributed by atoms with E-state index in [0.717, 1.165) is 22.2 Å². The molecule has 5 rings (SSSR count). The Morgan fingerprint density at radius 3 is 2.46 bits per heavy atom. The lowest BCUT2D eigenvalue weighted by Gasteiger charge is -2.21. The number of hydrogen-bond donors (Lipinski definition) is 2. The first-order chi connectivity index (χ1) is 22.6. The highest BCUT2D eigenvalue weighted by Gasteiger charge is 2.34. The first-order valence-electron chi connectivity index (χ1n) is 13.6. The number of amidine groups is 1. The van der Waals surface area contributed by atoms with Gasteiger partial charge in [0, 0.05) is 16.6 Å². The van der Waals surface area contributed by atoms with Gasteiger partial charge in [0.25, 0.3) is 0 Å². The zero-order valence-electron chi connectivity index (χ0n) is 24.3. The van der Waals surface area contributed by atoms with Crippen molar-refractivity contribution in [3.8, 4) is 28.6 Å². The van der Waals surface area contributed by atoms with E-state index in [4.69, 9.17) is 28.6 Å². The second kappa shape index (κ2) is 14.4. The third-order valence-electron chi connectivity index (χ3n) is 6.41. The summed E-state index contributed by atoms with van der Waals surface area (Å²) < 4.78 is 85.9. The van der Waals surface area contributed by atoms with Gasteiger partial charge in [-0.05, 0) is 67.2 Å². The summed E-state index contributed by atoms with van der Waals surface area (Å²) in [5.41, 5.74) is 7.78. The average molecular weight is 730 g/mol. The van der Waals surface area contributed by atoms with Crippen LogP contribution < -0.4 is 25.2 Å². The summed E-state index contributed by atoms with van der Waals surface area (Å²) >= 11 is 12.4. The van der Waals surface area contributed by atoms with Crippen molar-refractivity contribution in [2.24, 2.45) is 4.99 Å². The van der Waals surface area contributed by atoms with Crippen LogP contribution in [0.4, 0.5) is 32.0 Å². The molecule has 1 fully saturated rings. The van der Waals surface area contributed by atoms with Crippen LogP contribution in [0.5, 0.6) is 11.5 Å². The molecule has 4 aromatic rings. The summed E-state index contributed by atoms with van der Waals surface area (Å²) in [4.78, 5) is 22.4. The molecule has 1 aliphatic rings. The van der Waals surface area contributed by atoms with Crippen molar-refractivity contribution in [3.05, 3.63) is 83.6 Å². The van der Waals surface area contributed by atoms with Crippen molar-refractivity contribution in [2.75, 3.05) is 17.3 Å². The number of thiocarbonyl (C=S) groups is 1. The summed E-state index contributed by atoms with van der Waals surface area (Å²) in [6.07, 6.45) is -7.95. The number of anilines is 1. The molecule has 252 valence electrons. The smallest absolute Gasteiger partial charge is 0.482 e. The Balaban J connectivity index is 1.20. The van der Waals surface area contributed by atoms with Gasteiger partial charge in [-0.25, -0.2) is 15.1 Å². The van der Waals surface area contributed by atoms with Gasteiger partial charge >= 0.3 is 12.5 Å². The van der Waals surface area contributed by atoms with E-state index in [9.17, 15) is 31.1 Å². The van der Waals surface area contributed by atoms with E-state index in [1.165, 1.54) is 53.5 Å². The van der Waals surface area contributed by atoms with E-state index in [1.807, 2.05) is 19.1 Å². The number of benzene rings is 3. The summed E-state index contributed by atoms with van der Waals surface area (Å²) in [7, 11) is 0. The number of aliphatic imine (C=N–C) groups is 1. The second-order valence-corrected chi connectivity index (χ2v) is 11.7. The quantitative estimate of drug-likeness (QED) is 0.107. The standard InChI is InChI=1S/C29H22ClF6N7O3S2/c1-16(17-2-4-18(5-3-17)25-37-15-42(41-25)20-7-9-21(10-8-20)46-29(34,35)36)39-40-26(47)38-27-43(24(44)13-48-27)22-12-19(30)6-11-23(22)45-14-28(31,32)33/h2-12,15-16,39H,13-14H2,1H3,(H,40,47)/b38-27-. The number of alkyl halides is 6. The van der Waals surface area contributed by atoms with E-state index >= 15 is 0 Å². The van der Waals surface area contributed by atoms with Crippen LogP contribution in [0.2, 0.25) is 5.02 Å². The topological polar surface area (TPSA) is 106 Å². The lowest BCUT2D eigenvalue weighted by molar-refractivity contribution is -0.274. The van der Waals surface area contributed by atoms with Gasteiger partial charge in [0.2, 0.25) is 11.0 Å².